The summed E-state index contributed by atoms with van der Waals surface area (Å²) in [6.45, 7) is 3.80. The molecule has 0 aliphatic carbocycles. The molecule has 4 rings (SSSR count). The lowest BCUT2D eigenvalue weighted by atomic mass is 10.0. The molecule has 6 heteroatoms. The molecule has 1 amide bonds. The van der Waals surface area contributed by atoms with Crippen molar-refractivity contribution in [2.24, 2.45) is 0 Å². The number of aromatic amines is 1. The van der Waals surface area contributed by atoms with E-state index in [0.717, 1.165) is 27.4 Å². The van der Waals surface area contributed by atoms with Gasteiger partial charge < -0.3 is 19.5 Å². The van der Waals surface area contributed by atoms with Crippen LogP contribution in [0.25, 0.3) is 21.9 Å². The smallest absolute Gasteiger partial charge is 0.340 e. The Kier molecular flexibility index (Phi) is 5.31. The highest BCUT2D eigenvalue weighted by Gasteiger charge is 2.17. The number of aryl methyl sites for hydroxylation is 1. The molecule has 2 aromatic heterocycles. The molecule has 0 radical (unpaired) electrons. The topological polar surface area (TPSA) is 84.3 Å². The first kappa shape index (κ1) is 19.8. The summed E-state index contributed by atoms with van der Waals surface area (Å²) in [6, 6.07) is 13.3. The van der Waals surface area contributed by atoms with Crippen LogP contribution in [-0.4, -0.2) is 24.0 Å². The van der Waals surface area contributed by atoms with E-state index in [1.165, 1.54) is 0 Å². The molecule has 2 heterocycles. The molecule has 30 heavy (non-hydrogen) atoms. The van der Waals surface area contributed by atoms with Crippen LogP contribution >= 0.6 is 0 Å². The third kappa shape index (κ3) is 3.81. The summed E-state index contributed by atoms with van der Waals surface area (Å²) in [5, 5.41) is 4.95. The number of carbonyl (C=O) groups is 1. The van der Waals surface area contributed by atoms with Crippen LogP contribution in [0.15, 0.2) is 57.9 Å². The van der Waals surface area contributed by atoms with Crippen molar-refractivity contribution in [3.63, 3.8) is 0 Å². The fraction of sp³-hybridized carbons (Fsp3) is 0.250. The van der Waals surface area contributed by atoms with Gasteiger partial charge in [-0.2, -0.15) is 0 Å². The number of methoxy groups -OCH3 is 1. The maximum Gasteiger partial charge on any atom is 0.340 e. The number of H-pyrrole nitrogens is 1. The highest BCUT2D eigenvalue weighted by molar-refractivity contribution is 5.86. The summed E-state index contributed by atoms with van der Waals surface area (Å²) in [5.41, 5.74) is 3.31. The molecule has 1 atom stereocenters. The lowest BCUT2D eigenvalue weighted by molar-refractivity contribution is -0.121. The molecule has 2 aromatic carbocycles. The summed E-state index contributed by atoms with van der Waals surface area (Å²) < 4.78 is 10.6. The Morgan fingerprint density at radius 3 is 2.80 bits per heavy atom. The third-order valence-electron chi connectivity index (χ3n) is 5.44. The van der Waals surface area contributed by atoms with Gasteiger partial charge >= 0.3 is 5.63 Å². The monoisotopic (exact) mass is 404 g/mol. The summed E-state index contributed by atoms with van der Waals surface area (Å²) in [4.78, 5) is 28.4. The fourth-order valence-corrected chi connectivity index (χ4v) is 3.87. The first-order valence-corrected chi connectivity index (χ1v) is 9.91. The zero-order chi connectivity index (χ0) is 21.3. The lowest BCUT2D eigenvalue weighted by Gasteiger charge is -2.14. The molecule has 0 saturated heterocycles. The number of para-hydroxylation sites is 1. The number of benzene rings is 2. The molecule has 0 unspecified atom stereocenters. The summed E-state index contributed by atoms with van der Waals surface area (Å²) in [5.74, 6) is 0.409. The van der Waals surface area contributed by atoms with Gasteiger partial charge in [0.2, 0.25) is 5.91 Å². The van der Waals surface area contributed by atoms with E-state index in [2.05, 4.69) is 16.4 Å². The lowest BCUT2D eigenvalue weighted by Crippen LogP contribution is -2.36. The summed E-state index contributed by atoms with van der Waals surface area (Å²) in [7, 11) is 1.56. The van der Waals surface area contributed by atoms with Crippen LogP contribution < -0.4 is 15.7 Å². The van der Waals surface area contributed by atoms with Gasteiger partial charge in [0.25, 0.3) is 0 Å². The Morgan fingerprint density at radius 2 is 2.00 bits per heavy atom. The SMILES string of the molecule is COc1ccc2c(C)c(CC(=O)N[C@@H](C)Cc3c[nH]c4ccccc34)c(=O)oc2c1. The number of hydrogen-bond donors (Lipinski definition) is 2. The summed E-state index contributed by atoms with van der Waals surface area (Å²) in [6.07, 6.45) is 2.65. The minimum atomic E-state index is -0.493. The van der Waals surface area contributed by atoms with Crippen molar-refractivity contribution in [3.05, 3.63) is 75.8 Å². The van der Waals surface area contributed by atoms with E-state index in [-0.39, 0.29) is 18.4 Å². The number of ether oxygens (including phenoxy) is 1. The standard InChI is InChI=1S/C24H24N2O4/c1-14(10-16-13-25-21-7-5-4-6-19(16)21)26-23(27)12-20-15(2)18-9-8-17(29-3)11-22(18)30-24(20)28/h4-9,11,13-14,25H,10,12H2,1-3H3,(H,26,27)/t14-/m0/s1. The molecule has 0 spiro atoms. The third-order valence-corrected chi connectivity index (χ3v) is 5.44. The van der Waals surface area contributed by atoms with Gasteiger partial charge in [-0.05, 0) is 49.6 Å². The second kappa shape index (κ2) is 8.06. The van der Waals surface area contributed by atoms with Crippen molar-refractivity contribution in [1.82, 2.24) is 10.3 Å². The molecule has 0 fully saturated rings. The Morgan fingerprint density at radius 1 is 1.20 bits per heavy atom. The number of rotatable bonds is 6. The van der Waals surface area contributed by atoms with E-state index in [1.54, 1.807) is 13.2 Å². The number of fused-ring (bicyclic) bond motifs is 2. The van der Waals surface area contributed by atoms with Crippen molar-refractivity contribution in [2.45, 2.75) is 32.7 Å². The normalized spacial score (nSPS) is 12.2. The van der Waals surface area contributed by atoms with Crippen LogP contribution in [-0.2, 0) is 17.6 Å². The Hall–Kier alpha value is -3.54. The van der Waals surface area contributed by atoms with Gasteiger partial charge in [-0.15, -0.1) is 0 Å². The zero-order valence-corrected chi connectivity index (χ0v) is 17.2. The van der Waals surface area contributed by atoms with Crippen LogP contribution in [0.2, 0.25) is 0 Å². The van der Waals surface area contributed by atoms with Crippen molar-refractivity contribution >= 4 is 27.8 Å². The van der Waals surface area contributed by atoms with E-state index in [1.807, 2.05) is 50.4 Å². The molecule has 0 saturated carbocycles. The van der Waals surface area contributed by atoms with Gasteiger partial charge in [0, 0.05) is 34.6 Å². The van der Waals surface area contributed by atoms with Crippen molar-refractivity contribution in [3.8, 4) is 5.75 Å². The van der Waals surface area contributed by atoms with Crippen LogP contribution in [0.5, 0.6) is 5.75 Å². The Labute approximate surface area is 173 Å². The predicted octanol–water partition coefficient (Wildman–Crippen LogP) is 3.88. The molecule has 2 N–H and O–H groups in total. The average molecular weight is 404 g/mol. The maximum atomic E-state index is 12.6. The summed E-state index contributed by atoms with van der Waals surface area (Å²) >= 11 is 0. The molecule has 154 valence electrons. The molecule has 0 aliphatic heterocycles. The van der Waals surface area contributed by atoms with Gasteiger partial charge in [0.1, 0.15) is 11.3 Å². The quantitative estimate of drug-likeness (QED) is 0.478. The largest absolute Gasteiger partial charge is 0.497 e. The number of hydrogen-bond acceptors (Lipinski definition) is 4. The Balaban J connectivity index is 1.49. The number of aromatic nitrogens is 1. The van der Waals surface area contributed by atoms with Crippen LogP contribution in [0.3, 0.4) is 0 Å². The van der Waals surface area contributed by atoms with Crippen molar-refractivity contribution in [2.75, 3.05) is 7.11 Å². The van der Waals surface area contributed by atoms with Gasteiger partial charge in [0.05, 0.1) is 19.1 Å². The minimum absolute atomic E-state index is 0.0195. The van der Waals surface area contributed by atoms with Crippen molar-refractivity contribution < 1.29 is 13.9 Å². The van der Waals surface area contributed by atoms with E-state index in [0.29, 0.717) is 23.3 Å². The highest BCUT2D eigenvalue weighted by Crippen LogP contribution is 2.24. The van der Waals surface area contributed by atoms with Gasteiger partial charge in [-0.25, -0.2) is 4.79 Å². The van der Waals surface area contributed by atoms with Gasteiger partial charge in [-0.1, -0.05) is 18.2 Å². The molecular weight excluding hydrogens is 380 g/mol. The molecule has 4 aromatic rings. The number of amides is 1. The van der Waals surface area contributed by atoms with E-state index < -0.39 is 5.63 Å². The fourth-order valence-electron chi connectivity index (χ4n) is 3.87. The van der Waals surface area contributed by atoms with E-state index >= 15 is 0 Å². The van der Waals surface area contributed by atoms with Gasteiger partial charge in [0.15, 0.2) is 0 Å². The second-order valence-electron chi connectivity index (χ2n) is 7.56. The van der Waals surface area contributed by atoms with Gasteiger partial charge in [-0.3, -0.25) is 4.79 Å². The number of nitrogens with one attached hydrogen (secondary N) is 2. The molecule has 6 nitrogen and oxygen atoms in total. The van der Waals surface area contributed by atoms with E-state index in [4.69, 9.17) is 9.15 Å². The van der Waals surface area contributed by atoms with Crippen molar-refractivity contribution in [1.29, 1.82) is 0 Å². The minimum Gasteiger partial charge on any atom is -0.497 e. The molecular formula is C24H24N2O4. The number of carbonyl (C=O) groups excluding carboxylic acids is 1. The predicted molar refractivity (Wildman–Crippen MR) is 117 cm³/mol. The van der Waals surface area contributed by atoms with Crippen LogP contribution in [0.4, 0.5) is 0 Å². The molecule has 0 bridgehead atoms. The average Bonchev–Trinajstić information content (AvgIpc) is 3.13. The van der Waals surface area contributed by atoms with Crippen LogP contribution in [0, 0.1) is 6.92 Å². The molecule has 0 aliphatic rings. The van der Waals surface area contributed by atoms with E-state index in [9.17, 15) is 9.59 Å². The van der Waals surface area contributed by atoms with Crippen LogP contribution in [0.1, 0.15) is 23.6 Å². The maximum absolute atomic E-state index is 12.6. The zero-order valence-electron chi connectivity index (χ0n) is 17.2. The highest BCUT2D eigenvalue weighted by atomic mass is 16.5. The Bertz CT molecular complexity index is 1290. The first-order valence-electron chi connectivity index (χ1n) is 9.91. The second-order valence-corrected chi connectivity index (χ2v) is 7.56. The first-order chi connectivity index (χ1) is 14.5.